The van der Waals surface area contributed by atoms with E-state index >= 15 is 0 Å². The lowest BCUT2D eigenvalue weighted by atomic mass is 9.83. The van der Waals surface area contributed by atoms with Crippen molar-refractivity contribution in [3.8, 4) is 5.75 Å². The van der Waals surface area contributed by atoms with Gasteiger partial charge in [0.05, 0.1) is 24.3 Å². The zero-order valence-electron chi connectivity index (χ0n) is 37.0. The Morgan fingerprint density at radius 3 is 1.98 bits per heavy atom. The molecule has 4 rings (SSSR count). The number of guanidine groups is 1. The number of aryl methyl sites for hydroxylation is 1. The van der Waals surface area contributed by atoms with E-state index in [9.17, 15) is 28.8 Å². The van der Waals surface area contributed by atoms with Gasteiger partial charge in [0, 0.05) is 18.0 Å². The normalized spacial score (nSPS) is 14.3. The van der Waals surface area contributed by atoms with E-state index < -0.39 is 53.3 Å². The number of aliphatic imine (C=N–C) groups is 1. The molecule has 1 unspecified atom stereocenters. The van der Waals surface area contributed by atoms with Crippen molar-refractivity contribution in [1.82, 2.24) is 10.6 Å². The Bertz CT molecular complexity index is 2070. The van der Waals surface area contributed by atoms with Crippen LogP contribution in [0.1, 0.15) is 125 Å². The predicted octanol–water partition coefficient (Wildman–Crippen LogP) is 8.27. The molecule has 0 aliphatic heterocycles. The van der Waals surface area contributed by atoms with Gasteiger partial charge in [-0.25, -0.2) is 24.0 Å². The van der Waals surface area contributed by atoms with Gasteiger partial charge in [-0.2, -0.15) is 0 Å². The molecular weight excluding hydrogens is 797 g/mol. The minimum Gasteiger partial charge on any atom is -0.464 e. The third kappa shape index (κ3) is 16.3. The zero-order chi connectivity index (χ0) is 45.5. The van der Waals surface area contributed by atoms with E-state index in [-0.39, 0.29) is 30.5 Å². The minimum absolute atomic E-state index is 0.188. The Morgan fingerprint density at radius 1 is 0.742 bits per heavy atom. The molecular formula is C47H60N4O11. The van der Waals surface area contributed by atoms with E-state index in [1.807, 2.05) is 19.9 Å². The van der Waals surface area contributed by atoms with Crippen molar-refractivity contribution in [3.05, 3.63) is 94.5 Å². The number of nitrogens with zero attached hydrogens (tertiary/aromatic N) is 1. The number of anilines is 1. The van der Waals surface area contributed by atoms with Gasteiger partial charge in [-0.3, -0.25) is 10.1 Å². The van der Waals surface area contributed by atoms with Crippen molar-refractivity contribution < 1.29 is 52.5 Å². The van der Waals surface area contributed by atoms with Crippen LogP contribution in [0.2, 0.25) is 0 Å². The van der Waals surface area contributed by atoms with Gasteiger partial charge in [0.25, 0.3) is 0 Å². The molecule has 0 spiro atoms. The quantitative estimate of drug-likeness (QED) is 0.0331. The molecule has 3 aromatic carbocycles. The highest BCUT2D eigenvalue weighted by atomic mass is 16.6. The van der Waals surface area contributed by atoms with Crippen LogP contribution < -0.4 is 20.7 Å². The highest BCUT2D eigenvalue weighted by Crippen LogP contribution is 2.30. The second kappa shape index (κ2) is 22.6. The first-order valence-corrected chi connectivity index (χ1v) is 21.1. The fourth-order valence-electron chi connectivity index (χ4n) is 6.18. The third-order valence-corrected chi connectivity index (χ3v) is 9.29. The minimum atomic E-state index is -0.938. The van der Waals surface area contributed by atoms with Crippen molar-refractivity contribution in [2.24, 2.45) is 10.9 Å². The summed E-state index contributed by atoms with van der Waals surface area (Å²) >= 11 is 0. The summed E-state index contributed by atoms with van der Waals surface area (Å²) in [5.41, 5.74) is 2.03. The molecule has 0 saturated heterocycles. The molecule has 0 aromatic heterocycles. The Balaban J connectivity index is 1.37. The smallest absolute Gasteiger partial charge is 0.437 e. The Kier molecular flexibility index (Phi) is 17.6. The van der Waals surface area contributed by atoms with E-state index in [1.54, 1.807) is 90.1 Å². The lowest BCUT2D eigenvalue weighted by Crippen LogP contribution is -2.46. The number of carbonyl (C=O) groups excluding carboxylic acids is 6. The van der Waals surface area contributed by atoms with Gasteiger partial charge in [0.15, 0.2) is 0 Å². The summed E-state index contributed by atoms with van der Waals surface area (Å²) in [5, 5.41) is 8.19. The van der Waals surface area contributed by atoms with Crippen LogP contribution in [-0.4, -0.2) is 72.4 Å². The highest BCUT2D eigenvalue weighted by Gasteiger charge is 2.30. The molecule has 3 aromatic rings. The Labute approximate surface area is 363 Å². The highest BCUT2D eigenvalue weighted by molar-refractivity contribution is 6.06. The standard InChI is InChI=1S/C47H60N4O11/c1-9-11-25-58-40(53)31-15-13-30(14-16-31)27-38(42(55)59-26-12-10-2)49-39(52)35-18-17-34-29-37(24-21-33(34)28-35)60-41(54)32-19-22-36(23-20-32)48-43(50-44(56)61-46(3,4)5)51-45(57)62-47(6,7)8/h13-16,19-24,29,35,38H,9-12,17-18,25-28H2,1-8H3,(H,49,52)(H2,48,50,51,56,57)/t35?,38-/m0/s1. The molecule has 3 N–H and O–H groups in total. The number of ether oxygens (including phenoxy) is 5. The Hall–Kier alpha value is -6.25. The second-order valence-electron chi connectivity index (χ2n) is 17.0. The summed E-state index contributed by atoms with van der Waals surface area (Å²) < 4.78 is 27.1. The number of alkyl carbamates (subject to hydrolysis) is 1. The topological polar surface area (TPSA) is 197 Å². The van der Waals surface area contributed by atoms with E-state index in [0.29, 0.717) is 49.3 Å². The van der Waals surface area contributed by atoms with Crippen LogP contribution in [0.3, 0.4) is 0 Å². The number of nitrogens with one attached hydrogen (secondary N) is 3. The van der Waals surface area contributed by atoms with E-state index in [4.69, 9.17) is 23.7 Å². The van der Waals surface area contributed by atoms with Gasteiger partial charge in [0.1, 0.15) is 23.0 Å². The summed E-state index contributed by atoms with van der Waals surface area (Å²) in [7, 11) is 0. The number of hydrogen-bond donors (Lipinski definition) is 3. The van der Waals surface area contributed by atoms with Gasteiger partial charge >= 0.3 is 30.1 Å². The van der Waals surface area contributed by atoms with Crippen molar-refractivity contribution in [3.63, 3.8) is 0 Å². The van der Waals surface area contributed by atoms with Gasteiger partial charge in [-0.05, 0) is 139 Å². The number of benzene rings is 3. The lowest BCUT2D eigenvalue weighted by molar-refractivity contribution is -0.148. The van der Waals surface area contributed by atoms with Crippen LogP contribution in [0.15, 0.2) is 71.7 Å². The molecule has 2 atom stereocenters. The van der Waals surface area contributed by atoms with Crippen LogP contribution in [0.25, 0.3) is 0 Å². The molecule has 1 aliphatic carbocycles. The van der Waals surface area contributed by atoms with Crippen LogP contribution in [0.4, 0.5) is 15.3 Å². The van der Waals surface area contributed by atoms with E-state index in [2.05, 4.69) is 20.9 Å². The third-order valence-electron chi connectivity index (χ3n) is 9.29. The van der Waals surface area contributed by atoms with Crippen molar-refractivity contribution in [1.29, 1.82) is 0 Å². The number of unbranched alkanes of at least 4 members (excludes halogenated alkanes) is 2. The first-order valence-electron chi connectivity index (χ1n) is 21.1. The summed E-state index contributed by atoms with van der Waals surface area (Å²) in [5.74, 6) is -2.11. The summed E-state index contributed by atoms with van der Waals surface area (Å²) in [6.07, 6.45) is 3.14. The van der Waals surface area contributed by atoms with E-state index in [0.717, 1.165) is 36.0 Å². The number of esters is 3. The molecule has 15 nitrogen and oxygen atoms in total. The summed E-state index contributed by atoms with van der Waals surface area (Å²) in [6.45, 7) is 14.7. The molecule has 0 bridgehead atoms. The maximum atomic E-state index is 13.7. The largest absolute Gasteiger partial charge is 0.464 e. The maximum absolute atomic E-state index is 13.7. The van der Waals surface area contributed by atoms with Gasteiger partial charge in [-0.1, -0.05) is 44.9 Å². The lowest BCUT2D eigenvalue weighted by Gasteiger charge is -2.26. The fraction of sp³-hybridized carbons (Fsp3) is 0.468. The summed E-state index contributed by atoms with van der Waals surface area (Å²) in [6, 6.07) is 17.3. The first-order chi connectivity index (χ1) is 29.3. The number of carbonyl (C=O) groups is 6. The predicted molar refractivity (Wildman–Crippen MR) is 233 cm³/mol. The maximum Gasteiger partial charge on any atom is 0.437 e. The van der Waals surface area contributed by atoms with Gasteiger partial charge < -0.3 is 34.3 Å². The molecule has 0 heterocycles. The second-order valence-corrected chi connectivity index (χ2v) is 17.0. The monoisotopic (exact) mass is 856 g/mol. The Morgan fingerprint density at radius 2 is 1.35 bits per heavy atom. The zero-order valence-corrected chi connectivity index (χ0v) is 37.0. The van der Waals surface area contributed by atoms with Crippen molar-refractivity contribution >= 4 is 47.6 Å². The van der Waals surface area contributed by atoms with E-state index in [1.165, 1.54) is 12.1 Å². The van der Waals surface area contributed by atoms with Crippen molar-refractivity contribution in [2.75, 3.05) is 18.5 Å². The van der Waals surface area contributed by atoms with Gasteiger partial charge in [0.2, 0.25) is 11.9 Å². The van der Waals surface area contributed by atoms with Gasteiger partial charge in [-0.15, -0.1) is 4.99 Å². The summed E-state index contributed by atoms with van der Waals surface area (Å²) in [4.78, 5) is 81.1. The SMILES string of the molecule is CCCCOC(=O)c1ccc(C[C@H](NC(=O)C2CCc3cc(OC(=O)c4ccc(N/C(=N/C(=O)OC(C)(C)C)NC(=O)OC(C)(C)C)cc4)ccc3C2)C(=O)OCCCC)cc1. The average molecular weight is 857 g/mol. The molecule has 0 fully saturated rings. The number of fused-ring (bicyclic) bond motifs is 1. The molecule has 0 radical (unpaired) electrons. The van der Waals surface area contributed by atoms with Crippen LogP contribution in [0.5, 0.6) is 5.75 Å². The van der Waals surface area contributed by atoms with Crippen molar-refractivity contribution in [2.45, 2.75) is 124 Å². The molecule has 334 valence electrons. The number of rotatable bonds is 15. The van der Waals surface area contributed by atoms with Crippen LogP contribution >= 0.6 is 0 Å². The molecule has 3 amide bonds. The number of hydrogen-bond acceptors (Lipinski definition) is 11. The van der Waals surface area contributed by atoms with Crippen LogP contribution in [-0.2, 0) is 47.8 Å². The van der Waals surface area contributed by atoms with Crippen LogP contribution in [0, 0.1) is 5.92 Å². The number of amides is 3. The molecule has 1 aliphatic rings. The average Bonchev–Trinajstić information content (AvgIpc) is 3.19. The molecule has 15 heteroatoms. The first kappa shape index (κ1) is 48.4. The molecule has 62 heavy (non-hydrogen) atoms. The molecule has 0 saturated carbocycles. The fourth-order valence-corrected chi connectivity index (χ4v) is 6.18.